The summed E-state index contributed by atoms with van der Waals surface area (Å²) in [5.74, 6) is -2.56. The van der Waals surface area contributed by atoms with Gasteiger partial charge in [0.25, 0.3) is 5.91 Å². The highest BCUT2D eigenvalue weighted by Gasteiger charge is 2.38. The van der Waals surface area contributed by atoms with Crippen LogP contribution in [0.15, 0.2) is 18.2 Å². The number of carbonyl (C=O) groups excluding carboxylic acids is 1. The van der Waals surface area contributed by atoms with Crippen molar-refractivity contribution in [2.45, 2.75) is 56.9 Å². The fourth-order valence-corrected chi connectivity index (χ4v) is 4.20. The van der Waals surface area contributed by atoms with Gasteiger partial charge in [-0.05, 0) is 50.9 Å². The molecule has 1 saturated carbocycles. The number of piperidine rings is 1. The number of halogens is 2. The van der Waals surface area contributed by atoms with Crippen LogP contribution in [0.3, 0.4) is 0 Å². The molecule has 24 heavy (non-hydrogen) atoms. The first kappa shape index (κ1) is 17.3. The van der Waals surface area contributed by atoms with Gasteiger partial charge in [-0.2, -0.15) is 0 Å². The van der Waals surface area contributed by atoms with E-state index in [0.29, 0.717) is 6.54 Å². The van der Waals surface area contributed by atoms with E-state index >= 15 is 0 Å². The predicted molar refractivity (Wildman–Crippen MR) is 89.9 cm³/mol. The zero-order chi connectivity index (χ0) is 17.0. The van der Waals surface area contributed by atoms with Gasteiger partial charge in [-0.15, -0.1) is 0 Å². The molecule has 132 valence electrons. The number of amides is 1. The molecule has 0 radical (unpaired) electrons. The molecule has 3 rings (SSSR count). The van der Waals surface area contributed by atoms with Crippen LogP contribution in [-0.4, -0.2) is 36.0 Å². The summed E-state index contributed by atoms with van der Waals surface area (Å²) in [6.07, 6.45) is 9.39. The second-order valence-corrected chi connectivity index (χ2v) is 7.12. The minimum absolute atomic E-state index is 0.0157. The lowest BCUT2D eigenvalue weighted by molar-refractivity contribution is 0.0326. The largest absolute Gasteiger partial charge is 0.350 e. The Morgan fingerprint density at radius 2 is 1.71 bits per heavy atom. The first-order valence-corrected chi connectivity index (χ1v) is 9.10. The van der Waals surface area contributed by atoms with Crippen molar-refractivity contribution in [1.82, 2.24) is 10.2 Å². The van der Waals surface area contributed by atoms with Gasteiger partial charge in [0, 0.05) is 12.1 Å². The Bertz CT molecular complexity index is 579. The third-order valence-electron chi connectivity index (χ3n) is 5.59. The van der Waals surface area contributed by atoms with E-state index in [1.165, 1.54) is 50.7 Å². The minimum atomic E-state index is -1.06. The molecule has 1 amide bonds. The second-order valence-electron chi connectivity index (χ2n) is 7.12. The third kappa shape index (κ3) is 3.61. The van der Waals surface area contributed by atoms with E-state index < -0.39 is 17.5 Å². The summed E-state index contributed by atoms with van der Waals surface area (Å²) in [6.45, 7) is 2.66. The Morgan fingerprint density at radius 1 is 1.04 bits per heavy atom. The van der Waals surface area contributed by atoms with Crippen molar-refractivity contribution in [1.29, 1.82) is 0 Å². The lowest BCUT2D eigenvalue weighted by Gasteiger charge is -2.48. The molecule has 2 aliphatic rings. The van der Waals surface area contributed by atoms with E-state index in [-0.39, 0.29) is 11.1 Å². The molecule has 1 aromatic rings. The van der Waals surface area contributed by atoms with Crippen LogP contribution in [0.25, 0.3) is 0 Å². The van der Waals surface area contributed by atoms with Crippen LogP contribution in [-0.2, 0) is 0 Å². The van der Waals surface area contributed by atoms with Crippen molar-refractivity contribution in [2.24, 2.45) is 0 Å². The van der Waals surface area contributed by atoms with Gasteiger partial charge in [-0.25, -0.2) is 8.78 Å². The predicted octanol–water partition coefficient (Wildman–Crippen LogP) is 3.88. The molecular weight excluding hydrogens is 310 g/mol. The lowest BCUT2D eigenvalue weighted by atomic mass is 9.79. The smallest absolute Gasteiger partial charge is 0.254 e. The van der Waals surface area contributed by atoms with E-state index in [9.17, 15) is 13.6 Å². The number of hydrogen-bond acceptors (Lipinski definition) is 2. The monoisotopic (exact) mass is 336 g/mol. The summed E-state index contributed by atoms with van der Waals surface area (Å²) in [6, 6.07) is 3.74. The number of hydrogen-bond donors (Lipinski definition) is 1. The molecule has 0 spiro atoms. The minimum Gasteiger partial charge on any atom is -0.350 e. The SMILES string of the molecule is O=C(NCC1(N2CCCCC2)CCCCC1)c1cccc(F)c1F. The van der Waals surface area contributed by atoms with Crippen molar-refractivity contribution >= 4 is 5.91 Å². The number of benzene rings is 1. The van der Waals surface area contributed by atoms with E-state index in [0.717, 1.165) is 32.0 Å². The normalized spacial score (nSPS) is 21.4. The summed E-state index contributed by atoms with van der Waals surface area (Å²) >= 11 is 0. The first-order chi connectivity index (χ1) is 11.6. The van der Waals surface area contributed by atoms with Crippen LogP contribution in [0.5, 0.6) is 0 Å². The second kappa shape index (κ2) is 7.60. The molecule has 3 nitrogen and oxygen atoms in total. The van der Waals surface area contributed by atoms with E-state index in [2.05, 4.69) is 10.2 Å². The van der Waals surface area contributed by atoms with Crippen molar-refractivity contribution in [3.8, 4) is 0 Å². The molecule has 1 N–H and O–H groups in total. The van der Waals surface area contributed by atoms with Crippen molar-refractivity contribution in [3.63, 3.8) is 0 Å². The standard InChI is InChI=1S/C19H26F2N2O/c20-16-9-7-8-15(17(16)21)18(24)22-14-19(10-3-1-4-11-19)23-12-5-2-6-13-23/h7-9H,1-6,10-14H2,(H,22,24). The van der Waals surface area contributed by atoms with Gasteiger partial charge in [-0.1, -0.05) is 31.7 Å². The Labute approximate surface area is 142 Å². The first-order valence-electron chi connectivity index (χ1n) is 9.10. The fraction of sp³-hybridized carbons (Fsp3) is 0.632. The number of carbonyl (C=O) groups is 1. The Morgan fingerprint density at radius 3 is 2.42 bits per heavy atom. The lowest BCUT2D eigenvalue weighted by Crippen LogP contribution is -2.58. The van der Waals surface area contributed by atoms with E-state index in [1.54, 1.807) is 0 Å². The third-order valence-corrected chi connectivity index (χ3v) is 5.59. The van der Waals surface area contributed by atoms with E-state index in [4.69, 9.17) is 0 Å². The number of nitrogens with one attached hydrogen (secondary N) is 1. The zero-order valence-corrected chi connectivity index (χ0v) is 14.1. The average molecular weight is 336 g/mol. The zero-order valence-electron chi connectivity index (χ0n) is 14.1. The van der Waals surface area contributed by atoms with Crippen LogP contribution in [0.2, 0.25) is 0 Å². The van der Waals surface area contributed by atoms with Crippen LogP contribution in [0.4, 0.5) is 8.78 Å². The molecule has 0 aromatic heterocycles. The molecule has 1 aliphatic heterocycles. The molecule has 0 bridgehead atoms. The van der Waals surface area contributed by atoms with Gasteiger partial charge in [0.1, 0.15) is 0 Å². The van der Waals surface area contributed by atoms with Crippen LogP contribution in [0, 0.1) is 11.6 Å². The number of nitrogens with zero attached hydrogens (tertiary/aromatic N) is 1. The van der Waals surface area contributed by atoms with Crippen molar-refractivity contribution in [2.75, 3.05) is 19.6 Å². The summed E-state index contributed by atoms with van der Waals surface area (Å²) in [5, 5.41) is 2.89. The molecule has 5 heteroatoms. The summed E-state index contributed by atoms with van der Waals surface area (Å²) in [5.41, 5.74) is -0.224. The summed E-state index contributed by atoms with van der Waals surface area (Å²) < 4.78 is 27.2. The van der Waals surface area contributed by atoms with Gasteiger partial charge in [0.2, 0.25) is 0 Å². The molecule has 2 fully saturated rings. The molecule has 0 unspecified atom stereocenters. The number of rotatable bonds is 4. The Balaban J connectivity index is 1.71. The Hall–Kier alpha value is -1.49. The molecule has 1 aromatic carbocycles. The molecule has 0 atom stereocenters. The van der Waals surface area contributed by atoms with E-state index in [1.807, 2.05) is 0 Å². The summed E-state index contributed by atoms with van der Waals surface area (Å²) in [4.78, 5) is 14.9. The quantitative estimate of drug-likeness (QED) is 0.905. The van der Waals surface area contributed by atoms with Crippen LogP contribution in [0.1, 0.15) is 61.7 Å². The molecule has 1 heterocycles. The average Bonchev–Trinajstić information content (AvgIpc) is 2.63. The van der Waals surface area contributed by atoms with Gasteiger partial charge in [-0.3, -0.25) is 9.69 Å². The van der Waals surface area contributed by atoms with Gasteiger partial charge >= 0.3 is 0 Å². The topological polar surface area (TPSA) is 32.3 Å². The highest BCUT2D eigenvalue weighted by atomic mass is 19.2. The van der Waals surface area contributed by atoms with Crippen molar-refractivity contribution in [3.05, 3.63) is 35.4 Å². The number of likely N-dealkylation sites (tertiary alicyclic amines) is 1. The highest BCUT2D eigenvalue weighted by molar-refractivity contribution is 5.94. The van der Waals surface area contributed by atoms with Crippen molar-refractivity contribution < 1.29 is 13.6 Å². The maximum atomic E-state index is 13.8. The molecular formula is C19H26F2N2O. The Kier molecular flexibility index (Phi) is 5.49. The van der Waals surface area contributed by atoms with Gasteiger partial charge in [0.05, 0.1) is 5.56 Å². The van der Waals surface area contributed by atoms with Crippen LogP contribution < -0.4 is 5.32 Å². The van der Waals surface area contributed by atoms with Crippen LogP contribution >= 0.6 is 0 Å². The fourth-order valence-electron chi connectivity index (χ4n) is 4.20. The van der Waals surface area contributed by atoms with Gasteiger partial charge in [0.15, 0.2) is 11.6 Å². The highest BCUT2D eigenvalue weighted by Crippen LogP contribution is 2.35. The maximum absolute atomic E-state index is 13.8. The molecule has 1 aliphatic carbocycles. The summed E-state index contributed by atoms with van der Waals surface area (Å²) in [7, 11) is 0. The van der Waals surface area contributed by atoms with Gasteiger partial charge < -0.3 is 5.32 Å². The molecule has 1 saturated heterocycles. The maximum Gasteiger partial charge on any atom is 0.254 e.